The summed E-state index contributed by atoms with van der Waals surface area (Å²) in [6, 6.07) is 20.9. The monoisotopic (exact) mass is 372 g/mol. The Morgan fingerprint density at radius 1 is 1.18 bits per heavy atom. The van der Waals surface area contributed by atoms with Crippen LogP contribution in [0.5, 0.6) is 5.75 Å². The lowest BCUT2D eigenvalue weighted by molar-refractivity contribution is 0.0651. The van der Waals surface area contributed by atoms with Crippen molar-refractivity contribution >= 4 is 5.91 Å². The lowest BCUT2D eigenvalue weighted by Gasteiger charge is -2.31. The second kappa shape index (κ2) is 7.57. The van der Waals surface area contributed by atoms with Crippen molar-refractivity contribution in [2.24, 2.45) is 0 Å². The Bertz CT molecular complexity index is 1040. The molecule has 1 aliphatic heterocycles. The van der Waals surface area contributed by atoms with Crippen molar-refractivity contribution in [3.05, 3.63) is 83.2 Å². The first-order valence-electron chi connectivity index (χ1n) is 9.18. The van der Waals surface area contributed by atoms with Gasteiger partial charge in [-0.25, -0.2) is 0 Å². The first-order chi connectivity index (χ1) is 13.6. The summed E-state index contributed by atoms with van der Waals surface area (Å²) < 4.78 is 7.54. The minimum atomic E-state index is -0.0211. The number of rotatable bonds is 5. The van der Waals surface area contributed by atoms with Crippen molar-refractivity contribution in [1.29, 1.82) is 5.26 Å². The minimum absolute atomic E-state index is 0.0211. The number of amides is 1. The van der Waals surface area contributed by atoms with Gasteiger partial charge in [0.1, 0.15) is 23.7 Å². The summed E-state index contributed by atoms with van der Waals surface area (Å²) in [4.78, 5) is 14.8. The summed E-state index contributed by atoms with van der Waals surface area (Å²) in [7, 11) is 0. The molecule has 1 aromatic heterocycles. The largest absolute Gasteiger partial charge is 0.487 e. The number of ether oxygens (including phenoxy) is 1. The fraction of sp³-hybridized carbons (Fsp3) is 0.227. The van der Waals surface area contributed by atoms with E-state index in [2.05, 4.69) is 18.1 Å². The Hall–Kier alpha value is -3.59. The summed E-state index contributed by atoms with van der Waals surface area (Å²) in [6.45, 7) is 3.50. The average molecular weight is 372 g/mol. The number of nitriles is 1. The molecule has 140 valence electrons. The molecule has 0 N–H and O–H groups in total. The second-order valence-electron chi connectivity index (χ2n) is 6.91. The van der Waals surface area contributed by atoms with Crippen LogP contribution in [0.1, 0.15) is 40.3 Å². The quantitative estimate of drug-likeness (QED) is 0.687. The van der Waals surface area contributed by atoms with Crippen LogP contribution in [0.4, 0.5) is 0 Å². The van der Waals surface area contributed by atoms with Crippen LogP contribution < -0.4 is 4.74 Å². The van der Waals surface area contributed by atoms with Crippen molar-refractivity contribution in [2.45, 2.75) is 26.1 Å². The highest BCUT2D eigenvalue weighted by atomic mass is 16.5. The summed E-state index contributed by atoms with van der Waals surface area (Å²) in [5.41, 5.74) is 2.93. The van der Waals surface area contributed by atoms with Gasteiger partial charge >= 0.3 is 0 Å². The Kier molecular flexibility index (Phi) is 4.81. The molecule has 0 bridgehead atoms. The van der Waals surface area contributed by atoms with Gasteiger partial charge in [-0.2, -0.15) is 10.4 Å². The molecule has 4 rings (SSSR count). The Labute approximate surface area is 163 Å². The SMILES string of the molecule is CC1CN(Cc2ccccc2)C(=O)c2cc(COc3cccc(C#N)c3)nn21. The summed E-state index contributed by atoms with van der Waals surface area (Å²) in [5, 5.41) is 13.5. The third kappa shape index (κ3) is 3.60. The predicted molar refractivity (Wildman–Crippen MR) is 104 cm³/mol. The number of hydrogen-bond acceptors (Lipinski definition) is 4. The molecule has 1 atom stereocenters. The van der Waals surface area contributed by atoms with Gasteiger partial charge in [0, 0.05) is 13.1 Å². The van der Waals surface area contributed by atoms with Gasteiger partial charge in [0.25, 0.3) is 5.91 Å². The zero-order valence-electron chi connectivity index (χ0n) is 15.6. The molecular formula is C22H20N4O2. The minimum Gasteiger partial charge on any atom is -0.487 e. The maximum Gasteiger partial charge on any atom is 0.272 e. The van der Waals surface area contributed by atoms with Gasteiger partial charge in [0.05, 0.1) is 17.7 Å². The van der Waals surface area contributed by atoms with E-state index < -0.39 is 0 Å². The van der Waals surface area contributed by atoms with Gasteiger partial charge in [0.15, 0.2) is 0 Å². The molecular weight excluding hydrogens is 352 g/mol. The Morgan fingerprint density at radius 2 is 2.00 bits per heavy atom. The van der Waals surface area contributed by atoms with E-state index in [1.807, 2.05) is 35.2 Å². The maximum atomic E-state index is 12.9. The Balaban J connectivity index is 1.49. The molecule has 1 unspecified atom stereocenters. The van der Waals surface area contributed by atoms with Crippen LogP contribution in [-0.4, -0.2) is 27.1 Å². The number of carbonyl (C=O) groups is 1. The number of benzene rings is 2. The summed E-state index contributed by atoms with van der Waals surface area (Å²) in [6.07, 6.45) is 0. The normalized spacial score (nSPS) is 15.8. The summed E-state index contributed by atoms with van der Waals surface area (Å²) in [5.74, 6) is 0.585. The molecule has 1 amide bonds. The maximum absolute atomic E-state index is 12.9. The van der Waals surface area contributed by atoms with Crippen molar-refractivity contribution in [3.8, 4) is 11.8 Å². The number of fused-ring (bicyclic) bond motifs is 1. The molecule has 0 aliphatic carbocycles. The molecule has 6 nitrogen and oxygen atoms in total. The molecule has 28 heavy (non-hydrogen) atoms. The fourth-order valence-corrected chi connectivity index (χ4v) is 3.41. The first-order valence-corrected chi connectivity index (χ1v) is 9.18. The number of hydrogen-bond donors (Lipinski definition) is 0. The molecule has 0 saturated heterocycles. The van der Waals surface area contributed by atoms with Crippen LogP contribution in [0, 0.1) is 11.3 Å². The lowest BCUT2D eigenvalue weighted by Crippen LogP contribution is -2.41. The third-order valence-electron chi connectivity index (χ3n) is 4.76. The number of carbonyl (C=O) groups excluding carboxylic acids is 1. The van der Waals surface area contributed by atoms with Crippen LogP contribution in [-0.2, 0) is 13.2 Å². The van der Waals surface area contributed by atoms with E-state index in [-0.39, 0.29) is 18.6 Å². The molecule has 0 spiro atoms. The van der Waals surface area contributed by atoms with Crippen molar-refractivity contribution in [3.63, 3.8) is 0 Å². The first kappa shape index (κ1) is 17.8. The van der Waals surface area contributed by atoms with Crippen LogP contribution >= 0.6 is 0 Å². The number of aromatic nitrogens is 2. The van der Waals surface area contributed by atoms with Crippen molar-refractivity contribution in [1.82, 2.24) is 14.7 Å². The average Bonchev–Trinajstić information content (AvgIpc) is 3.16. The Morgan fingerprint density at radius 3 is 2.79 bits per heavy atom. The van der Waals surface area contributed by atoms with Crippen molar-refractivity contribution in [2.75, 3.05) is 6.54 Å². The molecule has 0 saturated carbocycles. The van der Waals surface area contributed by atoms with Crippen LogP contribution in [0.15, 0.2) is 60.7 Å². The van der Waals surface area contributed by atoms with E-state index in [9.17, 15) is 4.79 Å². The molecule has 2 heterocycles. The van der Waals surface area contributed by atoms with Crippen LogP contribution in [0.2, 0.25) is 0 Å². The van der Waals surface area contributed by atoms with Gasteiger partial charge in [-0.15, -0.1) is 0 Å². The number of nitrogens with zero attached hydrogens (tertiary/aromatic N) is 4. The van der Waals surface area contributed by atoms with Gasteiger partial charge < -0.3 is 9.64 Å². The van der Waals surface area contributed by atoms with E-state index >= 15 is 0 Å². The van der Waals surface area contributed by atoms with Gasteiger partial charge in [-0.3, -0.25) is 9.48 Å². The standard InChI is InChI=1S/C22H20N4O2/c1-16-13-25(14-17-6-3-2-4-7-17)22(27)21-11-19(24-26(16)21)15-28-20-9-5-8-18(10-20)12-23/h2-11,16H,13-15H2,1H3. The molecule has 6 heteroatoms. The van der Waals surface area contributed by atoms with Gasteiger partial charge in [-0.05, 0) is 36.8 Å². The third-order valence-corrected chi connectivity index (χ3v) is 4.76. The van der Waals surface area contributed by atoms with Crippen LogP contribution in [0.3, 0.4) is 0 Å². The smallest absolute Gasteiger partial charge is 0.272 e. The molecule has 3 aromatic rings. The van der Waals surface area contributed by atoms with E-state index in [1.165, 1.54) is 0 Å². The van der Waals surface area contributed by atoms with E-state index in [0.717, 1.165) is 5.56 Å². The van der Waals surface area contributed by atoms with Crippen LogP contribution in [0.25, 0.3) is 0 Å². The topological polar surface area (TPSA) is 71.2 Å². The summed E-state index contributed by atoms with van der Waals surface area (Å²) >= 11 is 0. The van der Waals surface area contributed by atoms with Gasteiger partial charge in [0.2, 0.25) is 0 Å². The molecule has 1 aliphatic rings. The lowest BCUT2D eigenvalue weighted by atomic mass is 10.1. The predicted octanol–water partition coefficient (Wildman–Crippen LogP) is 3.55. The second-order valence-corrected chi connectivity index (χ2v) is 6.91. The van der Waals surface area contributed by atoms with E-state index in [1.54, 1.807) is 35.0 Å². The highest BCUT2D eigenvalue weighted by Crippen LogP contribution is 2.24. The fourth-order valence-electron chi connectivity index (χ4n) is 3.41. The van der Waals surface area contributed by atoms with Crippen molar-refractivity contribution < 1.29 is 9.53 Å². The van der Waals surface area contributed by atoms with Gasteiger partial charge in [-0.1, -0.05) is 36.4 Å². The molecule has 0 fully saturated rings. The highest BCUT2D eigenvalue weighted by Gasteiger charge is 2.30. The zero-order chi connectivity index (χ0) is 19.5. The molecule has 0 radical (unpaired) electrons. The van der Waals surface area contributed by atoms with E-state index in [0.29, 0.717) is 35.8 Å². The van der Waals surface area contributed by atoms with E-state index in [4.69, 9.17) is 10.00 Å². The highest BCUT2D eigenvalue weighted by molar-refractivity contribution is 5.93. The zero-order valence-corrected chi connectivity index (χ0v) is 15.6. The molecule has 2 aromatic carbocycles.